The van der Waals surface area contributed by atoms with E-state index in [1.54, 1.807) is 0 Å². The summed E-state index contributed by atoms with van der Waals surface area (Å²) in [7, 11) is 0. The molecule has 3 aliphatic rings. The van der Waals surface area contributed by atoms with Gasteiger partial charge in [0.15, 0.2) is 0 Å². The molecule has 3 fully saturated rings. The number of carbonyl (C=O) groups is 2. The Balaban J connectivity index is 1.30. The van der Waals surface area contributed by atoms with E-state index in [-0.39, 0.29) is 12.1 Å². The molecule has 1 aliphatic carbocycles. The van der Waals surface area contributed by atoms with Gasteiger partial charge in [-0.25, -0.2) is 4.79 Å². The summed E-state index contributed by atoms with van der Waals surface area (Å²) in [5.41, 5.74) is 2.07. The fourth-order valence-electron chi connectivity index (χ4n) is 4.38. The molecule has 0 aromatic heterocycles. The Kier molecular flexibility index (Phi) is 5.85. The van der Waals surface area contributed by atoms with Crippen LogP contribution in [-0.4, -0.2) is 71.9 Å². The fourth-order valence-corrected chi connectivity index (χ4v) is 4.38. The predicted octanol–water partition coefficient (Wildman–Crippen LogP) is 2.80. The number of nitrogens with one attached hydrogen (secondary N) is 1. The van der Waals surface area contributed by atoms with Gasteiger partial charge in [-0.1, -0.05) is 19.1 Å². The molecule has 0 spiro atoms. The molecule has 28 heavy (non-hydrogen) atoms. The Morgan fingerprint density at radius 3 is 2.75 bits per heavy atom. The number of likely N-dealkylation sites (tertiary alicyclic amines) is 1. The largest absolute Gasteiger partial charge is 0.341 e. The van der Waals surface area contributed by atoms with Gasteiger partial charge in [0.25, 0.3) is 0 Å². The minimum atomic E-state index is -0.0387. The maximum atomic E-state index is 12.8. The summed E-state index contributed by atoms with van der Waals surface area (Å²) in [4.78, 5) is 31.8. The molecule has 1 N–H and O–H groups in total. The van der Waals surface area contributed by atoms with Crippen molar-refractivity contribution in [3.05, 3.63) is 29.8 Å². The Hall–Kier alpha value is -2.08. The monoisotopic (exact) mass is 384 g/mol. The van der Waals surface area contributed by atoms with E-state index in [0.29, 0.717) is 12.5 Å². The van der Waals surface area contributed by atoms with Crippen LogP contribution in [0.4, 0.5) is 10.5 Å². The SMILES string of the molecule is CCc1cccc(NC(=O)N2CCCN([C@H]3CCN(CC4CC4)C3=O)CC2)c1. The zero-order valence-corrected chi connectivity index (χ0v) is 16.9. The first kappa shape index (κ1) is 19.2. The fraction of sp³-hybridized carbons (Fsp3) is 0.636. The Bertz CT molecular complexity index is 718. The highest BCUT2D eigenvalue weighted by atomic mass is 16.2. The average molecular weight is 385 g/mol. The van der Waals surface area contributed by atoms with E-state index in [1.165, 1.54) is 18.4 Å². The van der Waals surface area contributed by atoms with Crippen molar-refractivity contribution in [2.75, 3.05) is 44.6 Å². The number of anilines is 1. The minimum absolute atomic E-state index is 0.0167. The Morgan fingerprint density at radius 2 is 1.96 bits per heavy atom. The molecule has 2 heterocycles. The number of rotatable bonds is 5. The second-order valence-electron chi connectivity index (χ2n) is 8.39. The summed E-state index contributed by atoms with van der Waals surface area (Å²) in [5.74, 6) is 1.05. The third kappa shape index (κ3) is 4.49. The van der Waals surface area contributed by atoms with Crippen molar-refractivity contribution in [1.29, 1.82) is 0 Å². The van der Waals surface area contributed by atoms with E-state index in [0.717, 1.165) is 63.6 Å². The summed E-state index contributed by atoms with van der Waals surface area (Å²) >= 11 is 0. The lowest BCUT2D eigenvalue weighted by atomic mass is 10.1. The van der Waals surface area contributed by atoms with Crippen molar-refractivity contribution in [1.82, 2.24) is 14.7 Å². The number of amides is 3. The lowest BCUT2D eigenvalue weighted by Crippen LogP contribution is -2.44. The summed E-state index contributed by atoms with van der Waals surface area (Å²) in [6.45, 7) is 7.04. The van der Waals surface area contributed by atoms with Crippen LogP contribution in [0.2, 0.25) is 0 Å². The van der Waals surface area contributed by atoms with Crippen LogP contribution in [0.3, 0.4) is 0 Å². The van der Waals surface area contributed by atoms with Crippen molar-refractivity contribution in [3.63, 3.8) is 0 Å². The van der Waals surface area contributed by atoms with Gasteiger partial charge in [0.2, 0.25) is 5.91 Å². The lowest BCUT2D eigenvalue weighted by molar-refractivity contribution is -0.132. The third-order valence-electron chi connectivity index (χ3n) is 6.29. The molecule has 0 unspecified atom stereocenters. The molecule has 1 saturated carbocycles. The highest BCUT2D eigenvalue weighted by molar-refractivity contribution is 5.89. The second kappa shape index (κ2) is 8.52. The maximum Gasteiger partial charge on any atom is 0.321 e. The van der Waals surface area contributed by atoms with Crippen LogP contribution in [0.5, 0.6) is 0 Å². The van der Waals surface area contributed by atoms with E-state index in [9.17, 15) is 9.59 Å². The van der Waals surface area contributed by atoms with E-state index in [2.05, 4.69) is 28.1 Å². The normalized spacial score (nSPS) is 23.8. The topological polar surface area (TPSA) is 55.9 Å². The molecule has 2 aliphatic heterocycles. The summed E-state index contributed by atoms with van der Waals surface area (Å²) < 4.78 is 0. The molecule has 3 amide bonds. The number of benzene rings is 1. The first-order valence-electron chi connectivity index (χ1n) is 10.8. The van der Waals surface area contributed by atoms with Gasteiger partial charge in [-0.15, -0.1) is 0 Å². The average Bonchev–Trinajstić information content (AvgIpc) is 3.49. The lowest BCUT2D eigenvalue weighted by Gasteiger charge is -2.26. The maximum absolute atomic E-state index is 12.8. The van der Waals surface area contributed by atoms with E-state index in [1.807, 2.05) is 23.1 Å². The van der Waals surface area contributed by atoms with Crippen LogP contribution in [0.25, 0.3) is 0 Å². The quantitative estimate of drug-likeness (QED) is 0.849. The molecule has 6 heteroatoms. The highest BCUT2D eigenvalue weighted by Crippen LogP contribution is 2.31. The Morgan fingerprint density at radius 1 is 1.11 bits per heavy atom. The van der Waals surface area contributed by atoms with Gasteiger partial charge < -0.3 is 15.1 Å². The van der Waals surface area contributed by atoms with Gasteiger partial charge >= 0.3 is 6.03 Å². The van der Waals surface area contributed by atoms with E-state index < -0.39 is 0 Å². The number of hydrogen-bond donors (Lipinski definition) is 1. The van der Waals surface area contributed by atoms with Gasteiger partial charge in [-0.2, -0.15) is 0 Å². The molecular weight excluding hydrogens is 352 g/mol. The molecule has 4 rings (SSSR count). The molecule has 2 saturated heterocycles. The minimum Gasteiger partial charge on any atom is -0.341 e. The molecule has 0 radical (unpaired) electrons. The van der Waals surface area contributed by atoms with Gasteiger partial charge in [0.05, 0.1) is 6.04 Å². The van der Waals surface area contributed by atoms with Crippen LogP contribution >= 0.6 is 0 Å². The summed E-state index contributed by atoms with van der Waals surface area (Å²) in [5, 5.41) is 3.04. The van der Waals surface area contributed by atoms with Gasteiger partial charge in [-0.3, -0.25) is 9.69 Å². The first-order chi connectivity index (χ1) is 13.6. The molecule has 1 atom stereocenters. The van der Waals surface area contributed by atoms with Crippen molar-refractivity contribution in [2.24, 2.45) is 5.92 Å². The number of nitrogens with zero attached hydrogens (tertiary/aromatic N) is 3. The number of hydrogen-bond acceptors (Lipinski definition) is 3. The number of urea groups is 1. The molecule has 0 bridgehead atoms. The zero-order chi connectivity index (χ0) is 19.5. The van der Waals surface area contributed by atoms with Crippen molar-refractivity contribution >= 4 is 17.6 Å². The van der Waals surface area contributed by atoms with Gasteiger partial charge in [-0.05, 0) is 55.7 Å². The third-order valence-corrected chi connectivity index (χ3v) is 6.29. The van der Waals surface area contributed by atoms with Crippen molar-refractivity contribution < 1.29 is 9.59 Å². The van der Waals surface area contributed by atoms with Crippen molar-refractivity contribution in [3.8, 4) is 0 Å². The number of aryl methyl sites for hydroxylation is 1. The van der Waals surface area contributed by atoms with Crippen LogP contribution in [0.15, 0.2) is 24.3 Å². The summed E-state index contributed by atoms with van der Waals surface area (Å²) in [6, 6.07) is 8.01. The van der Waals surface area contributed by atoms with Crippen LogP contribution in [-0.2, 0) is 11.2 Å². The molecule has 152 valence electrons. The molecular formula is C22H32N4O2. The van der Waals surface area contributed by atoms with Gasteiger partial charge in [0.1, 0.15) is 0 Å². The second-order valence-corrected chi connectivity index (χ2v) is 8.39. The summed E-state index contributed by atoms with van der Waals surface area (Å²) in [6.07, 6.45) is 5.36. The van der Waals surface area contributed by atoms with E-state index >= 15 is 0 Å². The first-order valence-corrected chi connectivity index (χ1v) is 10.8. The predicted molar refractivity (Wildman–Crippen MR) is 110 cm³/mol. The van der Waals surface area contributed by atoms with Crippen molar-refractivity contribution in [2.45, 2.75) is 45.1 Å². The molecule has 6 nitrogen and oxygen atoms in total. The van der Waals surface area contributed by atoms with Gasteiger partial charge in [0, 0.05) is 45.0 Å². The number of carbonyl (C=O) groups excluding carboxylic acids is 2. The van der Waals surface area contributed by atoms with Crippen LogP contribution < -0.4 is 5.32 Å². The zero-order valence-electron chi connectivity index (χ0n) is 16.9. The smallest absolute Gasteiger partial charge is 0.321 e. The van der Waals surface area contributed by atoms with E-state index in [4.69, 9.17) is 0 Å². The molecule has 1 aromatic carbocycles. The Labute approximate surface area is 167 Å². The van der Waals surface area contributed by atoms with Crippen LogP contribution in [0, 0.1) is 5.92 Å². The van der Waals surface area contributed by atoms with Crippen LogP contribution in [0.1, 0.15) is 38.2 Å². The standard InChI is InChI=1S/C22H32N4O2/c1-2-17-5-3-6-19(15-17)23-22(28)25-11-4-10-24(13-14-25)20-9-12-26(21(20)27)16-18-7-8-18/h3,5-6,15,18,20H,2,4,7-14,16H2,1H3,(H,23,28)/t20-/m0/s1. The molecule has 1 aromatic rings. The highest BCUT2D eigenvalue weighted by Gasteiger charge is 2.38.